The number of rotatable bonds is 0. The van der Waals surface area contributed by atoms with E-state index in [4.69, 9.17) is 16.6 Å². The molecule has 1 atom stereocenters. The Morgan fingerprint density at radius 1 is 1.38 bits per heavy atom. The molecule has 5 N–H and O–H groups in total. The van der Waals surface area contributed by atoms with Crippen molar-refractivity contribution in [1.82, 2.24) is 0 Å². The normalized spacial score (nSPS) is 19.8. The summed E-state index contributed by atoms with van der Waals surface area (Å²) in [4.78, 5) is 10.6. The first-order valence-corrected chi connectivity index (χ1v) is 5.39. The lowest BCUT2D eigenvalue weighted by atomic mass is 9.95. The highest BCUT2D eigenvalue weighted by atomic mass is 16.3. The Morgan fingerprint density at radius 2 is 2.12 bits per heavy atom. The molecule has 1 aromatic carbocycles. The molecule has 0 amide bonds. The van der Waals surface area contributed by atoms with E-state index in [2.05, 4.69) is 0 Å². The van der Waals surface area contributed by atoms with Gasteiger partial charge in [-0.3, -0.25) is 4.79 Å². The number of nitrogens with two attached hydrogens (primary N) is 2. The molecule has 4 nitrogen and oxygen atoms in total. The number of hydrogen-bond donors (Lipinski definition) is 3. The van der Waals surface area contributed by atoms with Crippen LogP contribution in [0.5, 0.6) is 5.75 Å². The summed E-state index contributed by atoms with van der Waals surface area (Å²) in [5, 5.41) is 8.73. The summed E-state index contributed by atoms with van der Waals surface area (Å²) in [7, 11) is 0. The molecular formula is C12H18N2O2. The molecule has 0 heterocycles. The Hall–Kier alpha value is -1.55. The van der Waals surface area contributed by atoms with Crippen LogP contribution in [0.4, 0.5) is 5.69 Å². The van der Waals surface area contributed by atoms with E-state index >= 15 is 0 Å². The zero-order valence-electron chi connectivity index (χ0n) is 9.23. The summed E-state index contributed by atoms with van der Waals surface area (Å²) in [5.41, 5.74) is 11.4. The van der Waals surface area contributed by atoms with Crippen molar-refractivity contribution in [1.29, 1.82) is 0 Å². The van der Waals surface area contributed by atoms with Crippen molar-refractivity contribution >= 4 is 11.5 Å². The molecular weight excluding hydrogens is 204 g/mol. The fraction of sp³-hybridized carbons (Fsp3) is 0.417. The van der Waals surface area contributed by atoms with Gasteiger partial charge in [0.1, 0.15) is 11.5 Å². The maximum Gasteiger partial charge on any atom is 0.134 e. The molecule has 1 aliphatic rings. The molecule has 0 aliphatic heterocycles. The molecule has 1 aromatic rings. The SMILES string of the molecule is NC1CCCC(=O)C1.Nc1cccc(O)c1. The molecule has 1 unspecified atom stereocenters. The maximum atomic E-state index is 10.6. The number of benzene rings is 1. The van der Waals surface area contributed by atoms with Crippen LogP contribution >= 0.6 is 0 Å². The molecule has 2 rings (SSSR count). The molecule has 0 aromatic heterocycles. The number of carbonyl (C=O) groups is 1. The van der Waals surface area contributed by atoms with Gasteiger partial charge in [0.25, 0.3) is 0 Å². The van der Waals surface area contributed by atoms with Gasteiger partial charge < -0.3 is 16.6 Å². The second-order valence-corrected chi connectivity index (χ2v) is 3.99. The van der Waals surface area contributed by atoms with Gasteiger partial charge in [0.15, 0.2) is 0 Å². The summed E-state index contributed by atoms with van der Waals surface area (Å²) in [6.45, 7) is 0. The Kier molecular flexibility index (Phi) is 4.79. The van der Waals surface area contributed by atoms with Crippen LogP contribution in [-0.4, -0.2) is 16.9 Å². The molecule has 16 heavy (non-hydrogen) atoms. The van der Waals surface area contributed by atoms with E-state index in [0.29, 0.717) is 17.9 Å². The molecule has 1 aliphatic carbocycles. The quantitative estimate of drug-likeness (QED) is 0.579. The van der Waals surface area contributed by atoms with Crippen LogP contribution in [0.25, 0.3) is 0 Å². The molecule has 0 saturated heterocycles. The minimum atomic E-state index is 0.163. The van der Waals surface area contributed by atoms with Crippen LogP contribution in [0, 0.1) is 0 Å². The number of phenols is 1. The lowest BCUT2D eigenvalue weighted by Gasteiger charge is -2.14. The first kappa shape index (κ1) is 12.5. The zero-order chi connectivity index (χ0) is 12.0. The Labute approximate surface area is 95.3 Å². The van der Waals surface area contributed by atoms with Gasteiger partial charge in [-0.05, 0) is 25.0 Å². The summed E-state index contributed by atoms with van der Waals surface area (Å²) < 4.78 is 0. The first-order valence-electron chi connectivity index (χ1n) is 5.39. The smallest absolute Gasteiger partial charge is 0.134 e. The van der Waals surface area contributed by atoms with E-state index < -0.39 is 0 Å². The van der Waals surface area contributed by atoms with E-state index in [1.807, 2.05) is 0 Å². The monoisotopic (exact) mass is 222 g/mol. The predicted molar refractivity (Wildman–Crippen MR) is 64.0 cm³/mol. The van der Waals surface area contributed by atoms with Crippen molar-refractivity contribution in [3.63, 3.8) is 0 Å². The van der Waals surface area contributed by atoms with Crippen LogP contribution < -0.4 is 11.5 Å². The summed E-state index contributed by atoms with van der Waals surface area (Å²) >= 11 is 0. The molecule has 0 spiro atoms. The summed E-state index contributed by atoms with van der Waals surface area (Å²) in [5.74, 6) is 0.550. The van der Waals surface area contributed by atoms with Gasteiger partial charge in [-0.1, -0.05) is 6.07 Å². The summed E-state index contributed by atoms with van der Waals surface area (Å²) in [6, 6.07) is 6.66. The minimum Gasteiger partial charge on any atom is -0.508 e. The minimum absolute atomic E-state index is 0.163. The van der Waals surface area contributed by atoms with Crippen LogP contribution in [0.2, 0.25) is 0 Å². The van der Waals surface area contributed by atoms with Crippen LogP contribution in [0.15, 0.2) is 24.3 Å². The van der Waals surface area contributed by atoms with Crippen molar-refractivity contribution < 1.29 is 9.90 Å². The Bertz CT molecular complexity index is 335. The molecule has 4 heteroatoms. The third-order valence-electron chi connectivity index (χ3n) is 2.39. The number of Topliss-reactive ketones (excluding diaryl/α,β-unsaturated/α-hetero) is 1. The topological polar surface area (TPSA) is 89.3 Å². The van der Waals surface area contributed by atoms with Crippen molar-refractivity contribution in [3.05, 3.63) is 24.3 Å². The lowest BCUT2D eigenvalue weighted by Crippen LogP contribution is -2.27. The van der Waals surface area contributed by atoms with Gasteiger partial charge in [-0.2, -0.15) is 0 Å². The standard InChI is InChI=1S/C6H11NO.C6H7NO/c2*7-5-2-1-3-6(8)4-5/h5H,1-4,7H2;1-4,8H,7H2. The van der Waals surface area contributed by atoms with E-state index in [1.165, 1.54) is 6.07 Å². The van der Waals surface area contributed by atoms with E-state index in [9.17, 15) is 4.79 Å². The second-order valence-electron chi connectivity index (χ2n) is 3.99. The predicted octanol–water partition coefficient (Wildman–Crippen LogP) is 1.43. The first-order chi connectivity index (χ1) is 7.58. The van der Waals surface area contributed by atoms with Crippen LogP contribution in [-0.2, 0) is 4.79 Å². The van der Waals surface area contributed by atoms with Gasteiger partial charge in [0, 0.05) is 30.6 Å². The number of hydrogen-bond acceptors (Lipinski definition) is 4. The third kappa shape index (κ3) is 4.79. The lowest BCUT2D eigenvalue weighted by molar-refractivity contribution is -0.120. The molecule has 1 saturated carbocycles. The zero-order valence-corrected chi connectivity index (χ0v) is 9.23. The highest BCUT2D eigenvalue weighted by Gasteiger charge is 2.14. The van der Waals surface area contributed by atoms with E-state index in [0.717, 1.165) is 19.3 Å². The van der Waals surface area contributed by atoms with Gasteiger partial charge in [-0.15, -0.1) is 0 Å². The van der Waals surface area contributed by atoms with Gasteiger partial charge in [0.2, 0.25) is 0 Å². The number of phenolic OH excluding ortho intramolecular Hbond substituents is 1. The van der Waals surface area contributed by atoms with Gasteiger partial charge in [-0.25, -0.2) is 0 Å². The second kappa shape index (κ2) is 6.12. The highest BCUT2D eigenvalue weighted by molar-refractivity contribution is 5.79. The summed E-state index contributed by atoms with van der Waals surface area (Å²) in [6.07, 6.45) is 3.40. The van der Waals surface area contributed by atoms with E-state index in [-0.39, 0.29) is 11.8 Å². The fourth-order valence-electron chi connectivity index (χ4n) is 1.58. The average molecular weight is 222 g/mol. The molecule has 0 radical (unpaired) electrons. The number of nitrogen functional groups attached to an aromatic ring is 1. The van der Waals surface area contributed by atoms with Gasteiger partial charge >= 0.3 is 0 Å². The largest absolute Gasteiger partial charge is 0.508 e. The number of ketones is 1. The van der Waals surface area contributed by atoms with Crippen molar-refractivity contribution in [3.8, 4) is 5.75 Å². The molecule has 88 valence electrons. The van der Waals surface area contributed by atoms with E-state index in [1.54, 1.807) is 18.2 Å². The Morgan fingerprint density at radius 3 is 2.50 bits per heavy atom. The highest BCUT2D eigenvalue weighted by Crippen LogP contribution is 2.12. The number of carbonyl (C=O) groups excluding carboxylic acids is 1. The number of anilines is 1. The van der Waals surface area contributed by atoms with Crippen LogP contribution in [0.1, 0.15) is 25.7 Å². The fourth-order valence-corrected chi connectivity index (χ4v) is 1.58. The third-order valence-corrected chi connectivity index (χ3v) is 2.39. The average Bonchev–Trinajstić information content (AvgIpc) is 2.17. The number of aromatic hydroxyl groups is 1. The van der Waals surface area contributed by atoms with Crippen molar-refractivity contribution in [2.24, 2.45) is 5.73 Å². The van der Waals surface area contributed by atoms with Crippen LogP contribution in [0.3, 0.4) is 0 Å². The molecule has 0 bridgehead atoms. The maximum absolute atomic E-state index is 10.6. The van der Waals surface area contributed by atoms with Gasteiger partial charge in [0.05, 0.1) is 0 Å². The van der Waals surface area contributed by atoms with Crippen molar-refractivity contribution in [2.45, 2.75) is 31.7 Å². The van der Waals surface area contributed by atoms with Crippen molar-refractivity contribution in [2.75, 3.05) is 5.73 Å². The molecule has 1 fully saturated rings. The Balaban J connectivity index is 0.000000160.